The number of carbonyl (C=O) groups excluding carboxylic acids is 2. The Kier molecular flexibility index (Phi) is 6.64. The zero-order chi connectivity index (χ0) is 16.7. The molecule has 0 spiro atoms. The Hall–Kier alpha value is -1.83. The van der Waals surface area contributed by atoms with Crippen LogP contribution < -0.4 is 16.2 Å². The Morgan fingerprint density at radius 1 is 1.09 bits per heavy atom. The summed E-state index contributed by atoms with van der Waals surface area (Å²) in [7, 11) is 2.09. The highest BCUT2D eigenvalue weighted by Gasteiger charge is 2.14. The number of hydrogen-bond acceptors (Lipinski definition) is 4. The second kappa shape index (κ2) is 8.71. The lowest BCUT2D eigenvalue weighted by molar-refractivity contribution is -0.122. The topological polar surface area (TPSA) is 76.7 Å². The first-order valence-electron chi connectivity index (χ1n) is 7.55. The predicted molar refractivity (Wildman–Crippen MR) is 90.3 cm³/mol. The van der Waals surface area contributed by atoms with Gasteiger partial charge in [-0.25, -0.2) is 10.2 Å². The van der Waals surface area contributed by atoms with Crippen molar-refractivity contribution >= 4 is 29.2 Å². The fourth-order valence-corrected chi connectivity index (χ4v) is 2.34. The molecule has 1 aliphatic rings. The van der Waals surface area contributed by atoms with Crippen LogP contribution in [0.1, 0.15) is 6.42 Å². The van der Waals surface area contributed by atoms with Gasteiger partial charge < -0.3 is 15.1 Å². The minimum Gasteiger partial charge on any atom is -0.307 e. The van der Waals surface area contributed by atoms with Crippen molar-refractivity contribution in [3.63, 3.8) is 0 Å². The molecule has 1 saturated heterocycles. The van der Waals surface area contributed by atoms with E-state index in [1.165, 1.54) is 0 Å². The van der Waals surface area contributed by atoms with Crippen LogP contribution >= 0.6 is 11.6 Å². The minimum absolute atomic E-state index is 0.213. The Balaban J connectivity index is 1.62. The van der Waals surface area contributed by atoms with Crippen molar-refractivity contribution in [1.29, 1.82) is 0 Å². The van der Waals surface area contributed by atoms with E-state index in [0.717, 1.165) is 26.2 Å². The van der Waals surface area contributed by atoms with Crippen LogP contribution in [0.4, 0.5) is 10.5 Å². The number of carbonyl (C=O) groups is 2. The number of halogens is 1. The van der Waals surface area contributed by atoms with Crippen LogP contribution in [-0.4, -0.2) is 61.5 Å². The predicted octanol–water partition coefficient (Wildman–Crippen LogP) is 1.13. The highest BCUT2D eigenvalue weighted by atomic mass is 35.5. The molecule has 0 saturated carbocycles. The molecule has 1 heterocycles. The zero-order valence-corrected chi connectivity index (χ0v) is 13.9. The number of hydrazine groups is 1. The number of likely N-dealkylation sites (N-methyl/N-ethyl adjacent to an activating group) is 1. The zero-order valence-electron chi connectivity index (χ0n) is 13.1. The standard InChI is InChI=1S/C15H22ClN5O2/c1-20-8-10-21(11-9-20)7-6-14(22)18-19-15(23)17-13-4-2-12(16)3-5-13/h2-5H,6-11H2,1H3,(H,18,22)(H2,17,19,23). The van der Waals surface area contributed by atoms with Gasteiger partial charge in [-0.05, 0) is 31.3 Å². The van der Waals surface area contributed by atoms with Crippen molar-refractivity contribution < 1.29 is 9.59 Å². The third kappa shape index (κ3) is 6.43. The van der Waals surface area contributed by atoms with E-state index in [4.69, 9.17) is 11.6 Å². The maximum Gasteiger partial charge on any atom is 0.337 e. The first-order chi connectivity index (χ1) is 11.0. The quantitative estimate of drug-likeness (QED) is 0.719. The number of rotatable bonds is 4. The second-order valence-electron chi connectivity index (χ2n) is 5.53. The molecule has 1 fully saturated rings. The van der Waals surface area contributed by atoms with E-state index in [0.29, 0.717) is 23.7 Å². The number of nitrogens with zero attached hydrogens (tertiary/aromatic N) is 2. The number of nitrogens with one attached hydrogen (secondary N) is 3. The van der Waals surface area contributed by atoms with E-state index < -0.39 is 6.03 Å². The van der Waals surface area contributed by atoms with E-state index in [1.54, 1.807) is 24.3 Å². The molecular formula is C15H22ClN5O2. The lowest BCUT2D eigenvalue weighted by Crippen LogP contribution is -2.47. The van der Waals surface area contributed by atoms with Gasteiger partial charge in [0.25, 0.3) is 0 Å². The van der Waals surface area contributed by atoms with Gasteiger partial charge in [0, 0.05) is 49.9 Å². The van der Waals surface area contributed by atoms with Crippen LogP contribution in [0.5, 0.6) is 0 Å². The molecule has 23 heavy (non-hydrogen) atoms. The van der Waals surface area contributed by atoms with Crippen LogP contribution in [0.15, 0.2) is 24.3 Å². The summed E-state index contributed by atoms with van der Waals surface area (Å²) in [4.78, 5) is 27.9. The first kappa shape index (κ1) is 17.5. The molecule has 7 nitrogen and oxygen atoms in total. The summed E-state index contributed by atoms with van der Waals surface area (Å²) >= 11 is 5.77. The van der Waals surface area contributed by atoms with Gasteiger partial charge in [0.2, 0.25) is 5.91 Å². The van der Waals surface area contributed by atoms with Crippen molar-refractivity contribution in [3.05, 3.63) is 29.3 Å². The van der Waals surface area contributed by atoms with Gasteiger partial charge in [-0.15, -0.1) is 0 Å². The Morgan fingerprint density at radius 3 is 2.39 bits per heavy atom. The fraction of sp³-hybridized carbons (Fsp3) is 0.467. The molecule has 0 bridgehead atoms. The van der Waals surface area contributed by atoms with Crippen LogP contribution in [0.25, 0.3) is 0 Å². The normalized spacial score (nSPS) is 15.9. The molecule has 1 aromatic carbocycles. The average molecular weight is 340 g/mol. The third-order valence-corrected chi connectivity index (χ3v) is 3.92. The van der Waals surface area contributed by atoms with Gasteiger partial charge in [0.05, 0.1) is 0 Å². The van der Waals surface area contributed by atoms with Crippen LogP contribution in [0.2, 0.25) is 5.02 Å². The minimum atomic E-state index is -0.500. The molecule has 0 atom stereocenters. The highest BCUT2D eigenvalue weighted by Crippen LogP contribution is 2.12. The second-order valence-corrected chi connectivity index (χ2v) is 5.97. The molecular weight excluding hydrogens is 318 g/mol. The van der Waals surface area contributed by atoms with Crippen molar-refractivity contribution in [2.75, 3.05) is 45.1 Å². The summed E-state index contributed by atoms with van der Waals surface area (Å²) < 4.78 is 0. The van der Waals surface area contributed by atoms with Gasteiger partial charge in [-0.2, -0.15) is 0 Å². The molecule has 0 radical (unpaired) electrons. The van der Waals surface area contributed by atoms with Crippen molar-refractivity contribution in [2.24, 2.45) is 0 Å². The van der Waals surface area contributed by atoms with Crippen LogP contribution in [-0.2, 0) is 4.79 Å². The van der Waals surface area contributed by atoms with E-state index in [2.05, 4.69) is 33.0 Å². The van der Waals surface area contributed by atoms with Gasteiger partial charge in [-0.1, -0.05) is 11.6 Å². The molecule has 0 aromatic heterocycles. The average Bonchev–Trinajstić information content (AvgIpc) is 2.54. The Labute approximate surface area is 140 Å². The summed E-state index contributed by atoms with van der Waals surface area (Å²) in [5, 5.41) is 3.19. The maximum absolute atomic E-state index is 11.7. The molecule has 8 heteroatoms. The molecule has 3 N–H and O–H groups in total. The molecule has 1 aliphatic heterocycles. The summed E-state index contributed by atoms with van der Waals surface area (Å²) in [6.45, 7) is 4.66. The Morgan fingerprint density at radius 2 is 1.74 bits per heavy atom. The molecule has 0 unspecified atom stereocenters. The SMILES string of the molecule is CN1CCN(CCC(=O)NNC(=O)Nc2ccc(Cl)cc2)CC1. The summed E-state index contributed by atoms with van der Waals surface area (Å²) in [5.41, 5.74) is 5.33. The van der Waals surface area contributed by atoms with Crippen molar-refractivity contribution in [1.82, 2.24) is 20.7 Å². The summed E-state index contributed by atoms with van der Waals surface area (Å²) in [5.74, 6) is -0.213. The smallest absolute Gasteiger partial charge is 0.307 e. The summed E-state index contributed by atoms with van der Waals surface area (Å²) in [6, 6.07) is 6.20. The number of piperazine rings is 1. The number of hydrogen-bond donors (Lipinski definition) is 3. The fourth-order valence-electron chi connectivity index (χ4n) is 2.22. The van der Waals surface area contributed by atoms with Crippen LogP contribution in [0, 0.1) is 0 Å². The molecule has 1 aromatic rings. The Bertz CT molecular complexity index is 529. The first-order valence-corrected chi connectivity index (χ1v) is 7.93. The number of amides is 3. The molecule has 3 amide bonds. The maximum atomic E-state index is 11.7. The lowest BCUT2D eigenvalue weighted by Gasteiger charge is -2.32. The lowest BCUT2D eigenvalue weighted by atomic mass is 10.3. The van der Waals surface area contributed by atoms with Crippen molar-refractivity contribution in [2.45, 2.75) is 6.42 Å². The van der Waals surface area contributed by atoms with E-state index in [-0.39, 0.29) is 5.91 Å². The van der Waals surface area contributed by atoms with E-state index in [9.17, 15) is 9.59 Å². The number of urea groups is 1. The van der Waals surface area contributed by atoms with E-state index in [1.807, 2.05) is 0 Å². The number of benzene rings is 1. The highest BCUT2D eigenvalue weighted by molar-refractivity contribution is 6.30. The monoisotopic (exact) mass is 339 g/mol. The molecule has 126 valence electrons. The van der Waals surface area contributed by atoms with Gasteiger partial charge in [0.15, 0.2) is 0 Å². The third-order valence-electron chi connectivity index (χ3n) is 3.67. The van der Waals surface area contributed by atoms with Crippen LogP contribution in [0.3, 0.4) is 0 Å². The summed E-state index contributed by atoms with van der Waals surface area (Å²) in [6.07, 6.45) is 0.352. The largest absolute Gasteiger partial charge is 0.337 e. The molecule has 0 aliphatic carbocycles. The van der Waals surface area contributed by atoms with Gasteiger partial charge in [-0.3, -0.25) is 10.2 Å². The van der Waals surface area contributed by atoms with Crippen molar-refractivity contribution in [3.8, 4) is 0 Å². The number of anilines is 1. The van der Waals surface area contributed by atoms with Gasteiger partial charge >= 0.3 is 6.03 Å². The van der Waals surface area contributed by atoms with Gasteiger partial charge in [0.1, 0.15) is 0 Å². The molecule has 2 rings (SSSR count). The van der Waals surface area contributed by atoms with E-state index >= 15 is 0 Å².